The summed E-state index contributed by atoms with van der Waals surface area (Å²) in [5.74, 6) is 0. The minimum atomic E-state index is -3.11. The Labute approximate surface area is 96.9 Å². The summed E-state index contributed by atoms with van der Waals surface area (Å²) in [7, 11) is -3.11. The maximum Gasteiger partial charge on any atom is 0.214 e. The van der Waals surface area contributed by atoms with E-state index in [0.29, 0.717) is 6.54 Å². The minimum absolute atomic E-state index is 0.170. The number of hydrogen-bond donors (Lipinski definition) is 1. The summed E-state index contributed by atoms with van der Waals surface area (Å²) in [6.07, 6.45) is 3.70. The lowest BCUT2D eigenvalue weighted by molar-refractivity contribution is 0.564. The molecule has 1 N–H and O–H groups in total. The molecule has 0 heterocycles. The molecule has 0 bridgehead atoms. The van der Waals surface area contributed by atoms with Crippen LogP contribution in [0.25, 0.3) is 0 Å². The highest BCUT2D eigenvalue weighted by atomic mass is 32.2. The minimum Gasteiger partial charge on any atom is -0.212 e. The standard InChI is InChI=1S/C12H17NO2S/c14-16(15,12-8-4-5-9-12)13-10-11-6-2-1-3-7-11/h1-3,6-7,12-13H,4-5,8-10H2. The van der Waals surface area contributed by atoms with Gasteiger partial charge in [-0.1, -0.05) is 43.2 Å². The van der Waals surface area contributed by atoms with Gasteiger partial charge in [0.2, 0.25) is 10.0 Å². The Morgan fingerprint density at radius 1 is 1.12 bits per heavy atom. The number of hydrogen-bond acceptors (Lipinski definition) is 2. The predicted octanol–water partition coefficient (Wildman–Crippen LogP) is 2.05. The molecule has 3 nitrogen and oxygen atoms in total. The zero-order valence-corrected chi connectivity index (χ0v) is 10.0. The fourth-order valence-corrected chi connectivity index (χ4v) is 3.65. The van der Waals surface area contributed by atoms with E-state index in [9.17, 15) is 8.42 Å². The molecule has 2 rings (SSSR count). The average Bonchev–Trinajstić information content (AvgIpc) is 2.82. The molecule has 88 valence electrons. The van der Waals surface area contributed by atoms with Crippen LogP contribution in [0.5, 0.6) is 0 Å². The third-order valence-corrected chi connectivity index (χ3v) is 4.96. The second-order valence-electron chi connectivity index (χ2n) is 4.26. The van der Waals surface area contributed by atoms with Crippen molar-refractivity contribution < 1.29 is 8.42 Å². The van der Waals surface area contributed by atoms with Gasteiger partial charge in [0.1, 0.15) is 0 Å². The topological polar surface area (TPSA) is 46.2 Å². The molecule has 16 heavy (non-hydrogen) atoms. The maximum absolute atomic E-state index is 11.9. The first kappa shape index (κ1) is 11.6. The Balaban J connectivity index is 1.94. The van der Waals surface area contributed by atoms with Crippen molar-refractivity contribution in [2.45, 2.75) is 37.5 Å². The average molecular weight is 239 g/mol. The van der Waals surface area contributed by atoms with Crippen LogP contribution in [0.15, 0.2) is 30.3 Å². The van der Waals surface area contributed by atoms with Crippen molar-refractivity contribution >= 4 is 10.0 Å². The van der Waals surface area contributed by atoms with Gasteiger partial charge in [-0.15, -0.1) is 0 Å². The van der Waals surface area contributed by atoms with Crippen molar-refractivity contribution in [2.75, 3.05) is 0 Å². The molecule has 0 atom stereocenters. The predicted molar refractivity (Wildman–Crippen MR) is 64.5 cm³/mol. The number of nitrogens with one attached hydrogen (secondary N) is 1. The summed E-state index contributed by atoms with van der Waals surface area (Å²) in [5.41, 5.74) is 1.00. The van der Waals surface area contributed by atoms with Gasteiger partial charge in [0, 0.05) is 6.54 Å². The highest BCUT2D eigenvalue weighted by Gasteiger charge is 2.27. The van der Waals surface area contributed by atoms with Crippen molar-refractivity contribution in [3.8, 4) is 0 Å². The van der Waals surface area contributed by atoms with E-state index in [1.54, 1.807) is 0 Å². The van der Waals surface area contributed by atoms with Gasteiger partial charge < -0.3 is 0 Å². The lowest BCUT2D eigenvalue weighted by Crippen LogP contribution is -2.32. The Morgan fingerprint density at radius 3 is 2.38 bits per heavy atom. The Kier molecular flexibility index (Phi) is 3.61. The summed E-state index contributed by atoms with van der Waals surface area (Å²) in [6.45, 7) is 0.402. The highest BCUT2D eigenvalue weighted by molar-refractivity contribution is 7.90. The second-order valence-corrected chi connectivity index (χ2v) is 6.30. The van der Waals surface area contributed by atoms with Crippen LogP contribution >= 0.6 is 0 Å². The summed E-state index contributed by atoms with van der Waals surface area (Å²) in [4.78, 5) is 0. The van der Waals surface area contributed by atoms with Gasteiger partial charge in [-0.3, -0.25) is 0 Å². The molecule has 0 spiro atoms. The molecule has 0 unspecified atom stereocenters. The van der Waals surface area contributed by atoms with Gasteiger partial charge in [-0.05, 0) is 18.4 Å². The molecular formula is C12H17NO2S. The Hall–Kier alpha value is -0.870. The van der Waals surface area contributed by atoms with E-state index in [1.165, 1.54) is 0 Å². The highest BCUT2D eigenvalue weighted by Crippen LogP contribution is 2.23. The molecule has 1 aliphatic rings. The van der Waals surface area contributed by atoms with E-state index in [0.717, 1.165) is 31.2 Å². The normalized spacial score (nSPS) is 17.8. The monoisotopic (exact) mass is 239 g/mol. The number of benzene rings is 1. The summed E-state index contributed by atoms with van der Waals surface area (Å²) in [6, 6.07) is 9.61. The lowest BCUT2D eigenvalue weighted by atomic mass is 10.2. The largest absolute Gasteiger partial charge is 0.214 e. The SMILES string of the molecule is O=S(=O)(NCc1ccccc1)C1CCCC1. The zero-order chi connectivity index (χ0) is 11.4. The first-order valence-electron chi connectivity index (χ1n) is 5.71. The van der Waals surface area contributed by atoms with Gasteiger partial charge in [0.25, 0.3) is 0 Å². The quantitative estimate of drug-likeness (QED) is 0.874. The van der Waals surface area contributed by atoms with Crippen LogP contribution < -0.4 is 4.72 Å². The van der Waals surface area contributed by atoms with Gasteiger partial charge >= 0.3 is 0 Å². The smallest absolute Gasteiger partial charge is 0.212 e. The molecule has 0 amide bonds. The third-order valence-electron chi connectivity index (χ3n) is 3.06. The van der Waals surface area contributed by atoms with Crippen LogP contribution in [0, 0.1) is 0 Å². The molecule has 4 heteroatoms. The van der Waals surface area contributed by atoms with E-state index >= 15 is 0 Å². The number of rotatable bonds is 4. The van der Waals surface area contributed by atoms with Gasteiger partial charge in [-0.25, -0.2) is 13.1 Å². The van der Waals surface area contributed by atoms with E-state index in [4.69, 9.17) is 0 Å². The van der Waals surface area contributed by atoms with Crippen molar-refractivity contribution in [3.05, 3.63) is 35.9 Å². The fourth-order valence-electron chi connectivity index (χ4n) is 2.10. The first-order chi connectivity index (χ1) is 7.68. The van der Waals surface area contributed by atoms with Gasteiger partial charge in [-0.2, -0.15) is 0 Å². The second kappa shape index (κ2) is 4.97. The zero-order valence-electron chi connectivity index (χ0n) is 9.22. The molecule has 1 fully saturated rings. The van der Waals surface area contributed by atoms with Crippen LogP contribution in [0.1, 0.15) is 31.2 Å². The van der Waals surface area contributed by atoms with E-state index < -0.39 is 10.0 Å². The van der Waals surface area contributed by atoms with Gasteiger partial charge in [0.15, 0.2) is 0 Å². The van der Waals surface area contributed by atoms with Crippen molar-refractivity contribution in [2.24, 2.45) is 0 Å². The maximum atomic E-state index is 11.9. The van der Waals surface area contributed by atoms with Crippen molar-refractivity contribution in [3.63, 3.8) is 0 Å². The van der Waals surface area contributed by atoms with Crippen LogP contribution in [0.2, 0.25) is 0 Å². The van der Waals surface area contributed by atoms with E-state index in [1.807, 2.05) is 30.3 Å². The summed E-state index contributed by atoms with van der Waals surface area (Å²) >= 11 is 0. The molecule has 0 radical (unpaired) electrons. The Morgan fingerprint density at radius 2 is 1.75 bits per heavy atom. The first-order valence-corrected chi connectivity index (χ1v) is 7.25. The van der Waals surface area contributed by atoms with Crippen LogP contribution in [0.4, 0.5) is 0 Å². The molecular weight excluding hydrogens is 222 g/mol. The van der Waals surface area contributed by atoms with Crippen molar-refractivity contribution in [1.29, 1.82) is 0 Å². The molecule has 1 aromatic carbocycles. The fraction of sp³-hybridized carbons (Fsp3) is 0.500. The molecule has 1 aliphatic carbocycles. The van der Waals surface area contributed by atoms with Gasteiger partial charge in [0.05, 0.1) is 5.25 Å². The molecule has 1 aromatic rings. The summed E-state index contributed by atoms with van der Waals surface area (Å²) < 4.78 is 26.5. The molecule has 0 aliphatic heterocycles. The number of sulfonamides is 1. The molecule has 0 aromatic heterocycles. The Bertz CT molecular complexity index is 422. The molecule has 1 saturated carbocycles. The van der Waals surface area contributed by atoms with E-state index in [2.05, 4.69) is 4.72 Å². The van der Waals surface area contributed by atoms with Crippen LogP contribution in [-0.4, -0.2) is 13.7 Å². The summed E-state index contributed by atoms with van der Waals surface area (Å²) in [5, 5.41) is -0.170. The third kappa shape index (κ3) is 2.83. The lowest BCUT2D eigenvalue weighted by Gasteiger charge is -2.12. The molecule has 0 saturated heterocycles. The van der Waals surface area contributed by atoms with Crippen LogP contribution in [0.3, 0.4) is 0 Å². The van der Waals surface area contributed by atoms with Crippen LogP contribution in [-0.2, 0) is 16.6 Å². The van der Waals surface area contributed by atoms with Crippen molar-refractivity contribution in [1.82, 2.24) is 4.72 Å². The van der Waals surface area contributed by atoms with E-state index in [-0.39, 0.29) is 5.25 Å².